The molecule has 17 heavy (non-hydrogen) atoms. The van der Waals surface area contributed by atoms with Crippen molar-refractivity contribution in [2.75, 3.05) is 0 Å². The van der Waals surface area contributed by atoms with Gasteiger partial charge in [-0.15, -0.1) is 0 Å². The Morgan fingerprint density at radius 1 is 1.53 bits per heavy atom. The molecule has 0 bridgehead atoms. The fourth-order valence-electron chi connectivity index (χ4n) is 2.13. The van der Waals surface area contributed by atoms with Crippen molar-refractivity contribution in [2.24, 2.45) is 0 Å². The van der Waals surface area contributed by atoms with Crippen LogP contribution < -0.4 is 0 Å². The van der Waals surface area contributed by atoms with Crippen molar-refractivity contribution in [2.45, 2.75) is 26.3 Å². The van der Waals surface area contributed by atoms with Gasteiger partial charge in [0.1, 0.15) is 5.82 Å². The summed E-state index contributed by atoms with van der Waals surface area (Å²) in [6.07, 6.45) is 0. The molecule has 90 valence electrons. The molecule has 0 spiro atoms. The molecule has 0 fully saturated rings. The van der Waals surface area contributed by atoms with Crippen LogP contribution in [0.25, 0.3) is 10.9 Å². The zero-order chi connectivity index (χ0) is 12.6. The predicted molar refractivity (Wildman–Crippen MR) is 63.6 cm³/mol. The number of aromatic nitrogens is 1. The van der Waals surface area contributed by atoms with E-state index in [1.807, 2.05) is 6.92 Å². The van der Waals surface area contributed by atoms with Gasteiger partial charge in [-0.3, -0.25) is 4.79 Å². The molecule has 0 saturated heterocycles. The molecule has 2 aromatic rings. The molecule has 1 N–H and O–H groups in total. The zero-order valence-corrected chi connectivity index (χ0v) is 9.77. The number of hydrogen-bond acceptors (Lipinski definition) is 1. The Labute approximate surface area is 98.5 Å². The molecule has 1 aromatic carbocycles. The van der Waals surface area contributed by atoms with Gasteiger partial charge in [0.05, 0.1) is 11.4 Å². The topological polar surface area (TPSA) is 42.2 Å². The molecule has 1 unspecified atom stereocenters. The van der Waals surface area contributed by atoms with Gasteiger partial charge >= 0.3 is 5.97 Å². The maximum Gasteiger partial charge on any atom is 0.312 e. The SMILES string of the molecule is CCn1c(C(C)C(=O)O)cc2cccc(F)c21. The number of hydrogen-bond donors (Lipinski definition) is 1. The Kier molecular flexibility index (Phi) is 2.88. The van der Waals surface area contributed by atoms with E-state index >= 15 is 0 Å². The van der Waals surface area contributed by atoms with Gasteiger partial charge in [-0.25, -0.2) is 4.39 Å². The van der Waals surface area contributed by atoms with Gasteiger partial charge in [0.25, 0.3) is 0 Å². The van der Waals surface area contributed by atoms with Crippen molar-refractivity contribution < 1.29 is 14.3 Å². The summed E-state index contributed by atoms with van der Waals surface area (Å²) >= 11 is 0. The summed E-state index contributed by atoms with van der Waals surface area (Å²) < 4.78 is 15.5. The van der Waals surface area contributed by atoms with Crippen molar-refractivity contribution in [3.63, 3.8) is 0 Å². The largest absolute Gasteiger partial charge is 0.481 e. The van der Waals surface area contributed by atoms with Crippen LogP contribution in [0.5, 0.6) is 0 Å². The number of rotatable bonds is 3. The van der Waals surface area contributed by atoms with E-state index in [2.05, 4.69) is 0 Å². The molecule has 0 aliphatic carbocycles. The number of carboxylic acid groups (broad SMARTS) is 1. The van der Waals surface area contributed by atoms with Crippen LogP contribution in [-0.2, 0) is 11.3 Å². The number of nitrogens with zero attached hydrogens (tertiary/aromatic N) is 1. The molecule has 3 nitrogen and oxygen atoms in total. The third-order valence-corrected chi connectivity index (χ3v) is 3.03. The van der Waals surface area contributed by atoms with Crippen LogP contribution in [0.1, 0.15) is 25.5 Å². The van der Waals surface area contributed by atoms with Crippen LogP contribution in [0.2, 0.25) is 0 Å². The first-order valence-corrected chi connectivity index (χ1v) is 5.56. The van der Waals surface area contributed by atoms with E-state index in [1.54, 1.807) is 29.7 Å². The monoisotopic (exact) mass is 235 g/mol. The lowest BCUT2D eigenvalue weighted by molar-refractivity contribution is -0.138. The molecular formula is C13H14FNO2. The highest BCUT2D eigenvalue weighted by molar-refractivity contribution is 5.85. The molecule has 1 atom stereocenters. The minimum absolute atomic E-state index is 0.312. The molecule has 0 amide bonds. The Morgan fingerprint density at radius 3 is 2.82 bits per heavy atom. The lowest BCUT2D eigenvalue weighted by Crippen LogP contribution is -2.12. The van der Waals surface area contributed by atoms with Crippen LogP contribution in [0.15, 0.2) is 24.3 Å². The summed E-state index contributed by atoms with van der Waals surface area (Å²) in [6.45, 7) is 4.04. The maximum atomic E-state index is 13.7. The predicted octanol–water partition coefficient (Wildman–Crippen LogP) is 2.99. The molecule has 1 heterocycles. The van der Waals surface area contributed by atoms with Crippen LogP contribution in [0, 0.1) is 5.82 Å². The summed E-state index contributed by atoms with van der Waals surface area (Å²) in [7, 11) is 0. The van der Waals surface area contributed by atoms with E-state index in [-0.39, 0.29) is 5.82 Å². The molecule has 0 saturated carbocycles. The second-order valence-electron chi connectivity index (χ2n) is 4.05. The fraction of sp³-hybridized carbons (Fsp3) is 0.308. The highest BCUT2D eigenvalue weighted by Gasteiger charge is 2.20. The number of fused-ring (bicyclic) bond motifs is 1. The molecule has 0 aliphatic heterocycles. The Balaban J connectivity index is 2.73. The van der Waals surface area contributed by atoms with Crippen molar-refractivity contribution in [3.8, 4) is 0 Å². The van der Waals surface area contributed by atoms with E-state index in [1.165, 1.54) is 6.07 Å². The van der Waals surface area contributed by atoms with Crippen molar-refractivity contribution >= 4 is 16.9 Å². The highest BCUT2D eigenvalue weighted by atomic mass is 19.1. The number of carbonyl (C=O) groups is 1. The van der Waals surface area contributed by atoms with E-state index in [0.29, 0.717) is 17.8 Å². The Bertz CT molecular complexity index is 574. The maximum absolute atomic E-state index is 13.7. The van der Waals surface area contributed by atoms with Gasteiger partial charge in [-0.2, -0.15) is 0 Å². The number of carboxylic acids is 1. The van der Waals surface area contributed by atoms with Gasteiger partial charge in [0, 0.05) is 17.6 Å². The third-order valence-electron chi connectivity index (χ3n) is 3.03. The van der Waals surface area contributed by atoms with E-state index in [4.69, 9.17) is 5.11 Å². The molecular weight excluding hydrogens is 221 g/mol. The quantitative estimate of drug-likeness (QED) is 0.888. The van der Waals surface area contributed by atoms with Gasteiger partial charge in [0.2, 0.25) is 0 Å². The summed E-state index contributed by atoms with van der Waals surface area (Å²) in [5.41, 5.74) is 1.12. The average Bonchev–Trinajstić information content (AvgIpc) is 2.67. The molecule has 1 aromatic heterocycles. The summed E-state index contributed by atoms with van der Waals surface area (Å²) in [5.74, 6) is -1.85. The summed E-state index contributed by atoms with van der Waals surface area (Å²) in [4.78, 5) is 11.0. The van der Waals surface area contributed by atoms with Gasteiger partial charge < -0.3 is 9.67 Å². The van der Waals surface area contributed by atoms with Gasteiger partial charge in [-0.1, -0.05) is 12.1 Å². The standard InChI is InChI=1S/C13H14FNO2/c1-3-15-11(8(2)13(16)17)7-9-5-4-6-10(14)12(9)15/h4-8H,3H2,1-2H3,(H,16,17). The first kappa shape index (κ1) is 11.6. The summed E-state index contributed by atoms with van der Waals surface area (Å²) in [6, 6.07) is 6.57. The summed E-state index contributed by atoms with van der Waals surface area (Å²) in [5, 5.41) is 9.79. The molecule has 2 rings (SSSR count). The minimum atomic E-state index is -0.900. The first-order valence-electron chi connectivity index (χ1n) is 5.56. The third kappa shape index (κ3) is 1.79. The minimum Gasteiger partial charge on any atom is -0.481 e. The van der Waals surface area contributed by atoms with E-state index in [9.17, 15) is 9.18 Å². The van der Waals surface area contributed by atoms with Crippen molar-refractivity contribution in [1.29, 1.82) is 0 Å². The number of para-hydroxylation sites is 1. The lowest BCUT2D eigenvalue weighted by atomic mass is 10.1. The van der Waals surface area contributed by atoms with Crippen molar-refractivity contribution in [3.05, 3.63) is 35.8 Å². The van der Waals surface area contributed by atoms with Crippen LogP contribution in [0.4, 0.5) is 4.39 Å². The number of aliphatic carboxylic acids is 1. The Morgan fingerprint density at radius 2 is 2.24 bits per heavy atom. The Hall–Kier alpha value is -1.84. The van der Waals surface area contributed by atoms with Crippen LogP contribution in [0.3, 0.4) is 0 Å². The van der Waals surface area contributed by atoms with Crippen LogP contribution in [-0.4, -0.2) is 15.6 Å². The van der Waals surface area contributed by atoms with Gasteiger partial charge in [-0.05, 0) is 26.0 Å². The second-order valence-corrected chi connectivity index (χ2v) is 4.05. The normalized spacial score (nSPS) is 12.9. The fourth-order valence-corrected chi connectivity index (χ4v) is 2.13. The first-order chi connectivity index (χ1) is 8.06. The van der Waals surface area contributed by atoms with E-state index < -0.39 is 11.9 Å². The van der Waals surface area contributed by atoms with Crippen LogP contribution >= 0.6 is 0 Å². The van der Waals surface area contributed by atoms with Crippen molar-refractivity contribution in [1.82, 2.24) is 4.57 Å². The molecule has 0 radical (unpaired) electrons. The molecule has 0 aliphatic rings. The molecule has 4 heteroatoms. The van der Waals surface area contributed by atoms with Gasteiger partial charge in [0.15, 0.2) is 0 Å². The highest BCUT2D eigenvalue weighted by Crippen LogP contribution is 2.27. The average molecular weight is 235 g/mol. The number of benzene rings is 1. The lowest BCUT2D eigenvalue weighted by Gasteiger charge is -2.11. The number of halogens is 1. The number of aryl methyl sites for hydroxylation is 1. The van der Waals surface area contributed by atoms with E-state index in [0.717, 1.165) is 5.39 Å². The zero-order valence-electron chi connectivity index (χ0n) is 9.77. The smallest absolute Gasteiger partial charge is 0.312 e. The second kappa shape index (κ2) is 4.20.